The molecule has 1 aromatic rings. The monoisotopic (exact) mass is 276 g/mol. The lowest BCUT2D eigenvalue weighted by Gasteiger charge is -2.33. The summed E-state index contributed by atoms with van der Waals surface area (Å²) in [6.45, 7) is 2.63. The van der Waals surface area contributed by atoms with Crippen molar-refractivity contribution < 1.29 is 14.6 Å². The third kappa shape index (κ3) is 3.25. The Bertz CT molecular complexity index is 386. The number of piperazine rings is 1. The normalized spacial score (nSPS) is 18.1. The molecule has 102 valence electrons. The lowest BCUT2D eigenvalue weighted by Crippen LogP contribution is -2.45. The summed E-state index contributed by atoms with van der Waals surface area (Å²) in [6, 6.07) is 3.87. The van der Waals surface area contributed by atoms with E-state index in [2.05, 4.69) is 5.32 Å². The Morgan fingerprint density at radius 1 is 1.28 bits per heavy atom. The summed E-state index contributed by atoms with van der Waals surface area (Å²) in [5, 5.41) is 22.2. The van der Waals surface area contributed by atoms with Gasteiger partial charge in [0.1, 0.15) is 18.2 Å². The average Bonchev–Trinajstić information content (AvgIpc) is 2.34. The van der Waals surface area contributed by atoms with Crippen molar-refractivity contribution in [3.63, 3.8) is 0 Å². The molecular formula is C12H18ClFN2O2. The highest BCUT2D eigenvalue weighted by molar-refractivity contribution is 5.85. The van der Waals surface area contributed by atoms with Crippen LogP contribution < -0.4 is 5.32 Å². The number of aromatic hydroxyl groups is 2. The van der Waals surface area contributed by atoms with Crippen molar-refractivity contribution in [2.45, 2.75) is 6.04 Å². The van der Waals surface area contributed by atoms with Gasteiger partial charge in [0.25, 0.3) is 0 Å². The number of benzene rings is 1. The zero-order chi connectivity index (χ0) is 12.3. The Labute approximate surface area is 112 Å². The summed E-state index contributed by atoms with van der Waals surface area (Å²) >= 11 is 0. The molecule has 1 aromatic carbocycles. The molecule has 1 atom stereocenters. The second kappa shape index (κ2) is 6.78. The van der Waals surface area contributed by atoms with Crippen molar-refractivity contribution >= 4 is 12.4 Å². The van der Waals surface area contributed by atoms with Crippen molar-refractivity contribution in [1.82, 2.24) is 10.2 Å². The Kier molecular flexibility index (Phi) is 5.65. The van der Waals surface area contributed by atoms with Crippen LogP contribution in [0.2, 0.25) is 0 Å². The molecule has 1 fully saturated rings. The van der Waals surface area contributed by atoms with Gasteiger partial charge in [0.05, 0.1) is 6.04 Å². The number of phenols is 2. The molecule has 1 aliphatic heterocycles. The van der Waals surface area contributed by atoms with Crippen LogP contribution in [0.5, 0.6) is 11.5 Å². The molecule has 3 N–H and O–H groups in total. The van der Waals surface area contributed by atoms with Crippen LogP contribution in [-0.2, 0) is 0 Å². The van der Waals surface area contributed by atoms with Crippen LogP contribution in [-0.4, -0.2) is 48.0 Å². The molecule has 6 heteroatoms. The summed E-state index contributed by atoms with van der Waals surface area (Å²) in [5.41, 5.74) is 0.534. The number of alkyl halides is 1. The third-order valence-electron chi connectivity index (χ3n) is 3.11. The molecule has 0 unspecified atom stereocenters. The van der Waals surface area contributed by atoms with Gasteiger partial charge in [-0.25, -0.2) is 4.39 Å². The minimum atomic E-state index is -0.543. The van der Waals surface area contributed by atoms with Gasteiger partial charge in [-0.1, -0.05) is 0 Å². The summed E-state index contributed by atoms with van der Waals surface area (Å²) in [5.74, 6) is -0.0599. The van der Waals surface area contributed by atoms with Crippen LogP contribution >= 0.6 is 12.4 Å². The molecule has 18 heavy (non-hydrogen) atoms. The van der Waals surface area contributed by atoms with E-state index in [1.807, 2.05) is 4.90 Å². The average molecular weight is 277 g/mol. The first-order valence-electron chi connectivity index (χ1n) is 5.75. The molecule has 1 aliphatic rings. The Hall–Kier alpha value is -1.04. The number of rotatable bonds is 3. The van der Waals surface area contributed by atoms with E-state index in [-0.39, 0.29) is 23.9 Å². The first-order valence-corrected chi connectivity index (χ1v) is 5.75. The fraction of sp³-hybridized carbons (Fsp3) is 0.500. The second-order valence-corrected chi connectivity index (χ2v) is 4.20. The highest BCUT2D eigenvalue weighted by Gasteiger charge is 2.24. The van der Waals surface area contributed by atoms with E-state index in [9.17, 15) is 14.6 Å². The standard InChI is InChI=1S/C12H17FN2O2.ClH/c13-8-11(15-5-3-14-4-6-15)10-2-1-9(16)7-12(10)17;/h1-2,7,11,14,16-17H,3-6,8H2;1H/t11-;/m0./s1. The SMILES string of the molecule is Cl.Oc1ccc([C@H](CF)N2CCNCC2)c(O)c1. The van der Waals surface area contributed by atoms with E-state index in [1.165, 1.54) is 12.1 Å². The summed E-state index contributed by atoms with van der Waals surface area (Å²) in [4.78, 5) is 2.00. The number of hydrogen-bond donors (Lipinski definition) is 3. The fourth-order valence-electron chi connectivity index (χ4n) is 2.19. The Morgan fingerprint density at radius 2 is 1.94 bits per heavy atom. The highest BCUT2D eigenvalue weighted by atomic mass is 35.5. The molecule has 0 spiro atoms. The van der Waals surface area contributed by atoms with Crippen LogP contribution in [0.25, 0.3) is 0 Å². The maximum atomic E-state index is 13.2. The van der Waals surface area contributed by atoms with Gasteiger partial charge in [-0.2, -0.15) is 0 Å². The van der Waals surface area contributed by atoms with Crippen molar-refractivity contribution in [2.75, 3.05) is 32.9 Å². The zero-order valence-corrected chi connectivity index (χ0v) is 10.8. The maximum Gasteiger partial charge on any atom is 0.124 e. The van der Waals surface area contributed by atoms with Gasteiger partial charge in [-0.15, -0.1) is 12.4 Å². The molecule has 4 nitrogen and oxygen atoms in total. The number of phenolic OH excluding ortho intramolecular Hbond substituents is 2. The lowest BCUT2D eigenvalue weighted by molar-refractivity contribution is 0.145. The summed E-state index contributed by atoms with van der Waals surface area (Å²) in [7, 11) is 0. The summed E-state index contributed by atoms with van der Waals surface area (Å²) in [6.07, 6.45) is 0. The molecule has 0 aromatic heterocycles. The van der Waals surface area contributed by atoms with Gasteiger partial charge in [0, 0.05) is 37.8 Å². The van der Waals surface area contributed by atoms with E-state index in [0.29, 0.717) is 5.56 Å². The van der Waals surface area contributed by atoms with Crippen molar-refractivity contribution in [3.05, 3.63) is 23.8 Å². The molecule has 0 saturated carbocycles. The van der Waals surface area contributed by atoms with Crippen LogP contribution in [0.15, 0.2) is 18.2 Å². The van der Waals surface area contributed by atoms with Gasteiger partial charge >= 0.3 is 0 Å². The van der Waals surface area contributed by atoms with Crippen LogP contribution in [0.3, 0.4) is 0 Å². The smallest absolute Gasteiger partial charge is 0.124 e. The molecule has 1 saturated heterocycles. The second-order valence-electron chi connectivity index (χ2n) is 4.20. The van der Waals surface area contributed by atoms with Gasteiger partial charge in [0.15, 0.2) is 0 Å². The van der Waals surface area contributed by atoms with E-state index in [0.717, 1.165) is 26.2 Å². The van der Waals surface area contributed by atoms with Gasteiger partial charge in [-0.3, -0.25) is 4.90 Å². The first kappa shape index (κ1) is 15.0. The predicted molar refractivity (Wildman–Crippen MR) is 70.2 cm³/mol. The topological polar surface area (TPSA) is 55.7 Å². The molecule has 0 bridgehead atoms. The molecular weight excluding hydrogens is 259 g/mol. The van der Waals surface area contributed by atoms with Crippen LogP contribution in [0.1, 0.15) is 11.6 Å². The van der Waals surface area contributed by atoms with Crippen molar-refractivity contribution in [1.29, 1.82) is 0 Å². The number of nitrogens with one attached hydrogen (secondary N) is 1. The molecule has 0 aliphatic carbocycles. The molecule has 1 heterocycles. The van der Waals surface area contributed by atoms with Crippen molar-refractivity contribution in [2.24, 2.45) is 0 Å². The van der Waals surface area contributed by atoms with Gasteiger partial charge in [0.2, 0.25) is 0 Å². The predicted octanol–water partition coefficient (Wildman–Crippen LogP) is 1.44. The lowest BCUT2D eigenvalue weighted by atomic mass is 10.0. The third-order valence-corrected chi connectivity index (χ3v) is 3.11. The minimum Gasteiger partial charge on any atom is -0.508 e. The van der Waals surface area contributed by atoms with E-state index in [4.69, 9.17) is 0 Å². The Balaban J connectivity index is 0.00000162. The van der Waals surface area contributed by atoms with Gasteiger partial charge < -0.3 is 15.5 Å². The minimum absolute atomic E-state index is 0. The first-order chi connectivity index (χ1) is 8.22. The van der Waals surface area contributed by atoms with Gasteiger partial charge in [-0.05, 0) is 12.1 Å². The van der Waals surface area contributed by atoms with Crippen LogP contribution in [0.4, 0.5) is 4.39 Å². The van der Waals surface area contributed by atoms with E-state index >= 15 is 0 Å². The van der Waals surface area contributed by atoms with Crippen molar-refractivity contribution in [3.8, 4) is 11.5 Å². The maximum absolute atomic E-state index is 13.2. The number of hydrogen-bond acceptors (Lipinski definition) is 4. The number of nitrogens with zero attached hydrogens (tertiary/aromatic N) is 1. The molecule has 0 radical (unpaired) electrons. The largest absolute Gasteiger partial charge is 0.508 e. The fourth-order valence-corrected chi connectivity index (χ4v) is 2.19. The number of halogens is 2. The molecule has 2 rings (SSSR count). The zero-order valence-electron chi connectivity index (χ0n) is 9.97. The highest BCUT2D eigenvalue weighted by Crippen LogP contribution is 2.31. The van der Waals surface area contributed by atoms with E-state index in [1.54, 1.807) is 6.07 Å². The summed E-state index contributed by atoms with van der Waals surface area (Å²) < 4.78 is 13.2. The van der Waals surface area contributed by atoms with E-state index < -0.39 is 12.7 Å². The quantitative estimate of drug-likeness (QED) is 0.782. The van der Waals surface area contributed by atoms with Crippen LogP contribution in [0, 0.1) is 0 Å². The molecule has 0 amide bonds. The Morgan fingerprint density at radius 3 is 2.50 bits per heavy atom.